The molecule has 0 radical (unpaired) electrons. The molecule has 516 valence electrons. The van der Waals surface area contributed by atoms with Crippen molar-refractivity contribution in [1.82, 2.24) is 0 Å². The van der Waals surface area contributed by atoms with Crippen LogP contribution >= 0.6 is 15.6 Å². The van der Waals surface area contributed by atoms with Crippen molar-refractivity contribution in [2.45, 2.75) is 350 Å². The smallest absolute Gasteiger partial charge is 0.462 e. The number of carbonyl (C=O) groups excluding carboxylic acids is 4. The monoisotopic (exact) mass is 1280 g/mol. The van der Waals surface area contributed by atoms with Crippen LogP contribution in [0.15, 0.2) is 0 Å². The molecular weight excluding hydrogens is 1150 g/mol. The Hall–Kier alpha value is -1.94. The van der Waals surface area contributed by atoms with Gasteiger partial charge in [0.1, 0.15) is 19.3 Å². The number of rotatable bonds is 65. The zero-order valence-corrected chi connectivity index (χ0v) is 58.4. The molecule has 0 aliphatic heterocycles. The number of aliphatic hydroxyl groups is 1. The van der Waals surface area contributed by atoms with Crippen LogP contribution in [0.1, 0.15) is 331 Å². The van der Waals surface area contributed by atoms with E-state index in [4.69, 9.17) is 37.0 Å². The average molecular weight is 1280 g/mol. The molecule has 4 unspecified atom stereocenters. The quantitative estimate of drug-likeness (QED) is 0.0222. The molecule has 17 nitrogen and oxygen atoms in total. The Labute approximate surface area is 530 Å². The molecule has 0 aromatic rings. The van der Waals surface area contributed by atoms with Crippen molar-refractivity contribution >= 4 is 39.5 Å². The molecule has 0 aliphatic carbocycles. The van der Waals surface area contributed by atoms with E-state index in [-0.39, 0.29) is 25.7 Å². The lowest BCUT2D eigenvalue weighted by atomic mass is 9.99. The molecule has 0 aromatic heterocycles. The van der Waals surface area contributed by atoms with Gasteiger partial charge in [-0.05, 0) is 49.4 Å². The SMILES string of the molecule is CCC(C)CCCCCCCCCCC(=O)O[C@H](COC(=O)CCCCCCCCCCCC(C)C)COP(=O)(O)OC[C@@H](O)COP(=O)(O)OC[C@@H](COC(=O)CCCCCCCCC(C)CC)OC(=O)CCCCCCCCCCCCC(C)C. The highest BCUT2D eigenvalue weighted by molar-refractivity contribution is 7.47. The van der Waals surface area contributed by atoms with Crippen LogP contribution in [0.3, 0.4) is 0 Å². The zero-order chi connectivity index (χ0) is 64.7. The lowest BCUT2D eigenvalue weighted by Crippen LogP contribution is -2.30. The number of esters is 4. The molecule has 87 heavy (non-hydrogen) atoms. The van der Waals surface area contributed by atoms with E-state index in [1.807, 2.05) is 0 Å². The van der Waals surface area contributed by atoms with Crippen molar-refractivity contribution in [2.24, 2.45) is 23.7 Å². The minimum atomic E-state index is -4.95. The number of phosphoric acid groups is 2. The third-order valence-electron chi connectivity index (χ3n) is 16.3. The second kappa shape index (κ2) is 57.9. The summed E-state index contributed by atoms with van der Waals surface area (Å²) in [5.41, 5.74) is 0. The maximum atomic E-state index is 13.0. The Kier molecular flexibility index (Phi) is 56.6. The molecule has 0 spiro atoms. The van der Waals surface area contributed by atoms with Crippen LogP contribution in [0, 0.1) is 23.7 Å². The van der Waals surface area contributed by atoms with E-state index >= 15 is 0 Å². The number of phosphoric ester groups is 2. The first-order valence-corrected chi connectivity index (χ1v) is 38.3. The number of aliphatic hydroxyl groups excluding tert-OH is 1. The fraction of sp³-hybridized carbons (Fsp3) is 0.941. The molecule has 0 aliphatic rings. The fourth-order valence-corrected chi connectivity index (χ4v) is 11.7. The predicted molar refractivity (Wildman–Crippen MR) is 349 cm³/mol. The molecule has 0 aromatic carbocycles. The van der Waals surface area contributed by atoms with Crippen molar-refractivity contribution in [3.63, 3.8) is 0 Å². The van der Waals surface area contributed by atoms with Crippen molar-refractivity contribution in [3.05, 3.63) is 0 Å². The Balaban J connectivity index is 5.27. The molecule has 0 rings (SSSR count). The highest BCUT2D eigenvalue weighted by Crippen LogP contribution is 2.45. The Morgan fingerprint density at radius 1 is 0.322 bits per heavy atom. The second-order valence-corrected chi connectivity index (χ2v) is 28.9. The van der Waals surface area contributed by atoms with Gasteiger partial charge in [-0.1, -0.05) is 280 Å². The zero-order valence-electron chi connectivity index (χ0n) is 56.6. The number of hydrogen-bond acceptors (Lipinski definition) is 15. The molecule has 0 amide bonds. The molecule has 19 heteroatoms. The van der Waals surface area contributed by atoms with Gasteiger partial charge in [-0.2, -0.15) is 0 Å². The molecular formula is C68H132O17P2. The molecule has 0 fully saturated rings. The molecule has 0 bridgehead atoms. The Morgan fingerprint density at radius 2 is 0.552 bits per heavy atom. The number of unbranched alkanes of at least 4 members (excludes halogenated alkanes) is 29. The van der Waals surface area contributed by atoms with Crippen LogP contribution in [0.25, 0.3) is 0 Å². The summed E-state index contributed by atoms with van der Waals surface area (Å²) in [6.07, 6.45) is 38.9. The van der Waals surface area contributed by atoms with Crippen molar-refractivity contribution in [1.29, 1.82) is 0 Å². The van der Waals surface area contributed by atoms with Gasteiger partial charge >= 0.3 is 39.5 Å². The fourth-order valence-electron chi connectivity index (χ4n) is 10.1. The van der Waals surface area contributed by atoms with E-state index in [0.717, 1.165) is 120 Å². The van der Waals surface area contributed by atoms with Gasteiger partial charge < -0.3 is 33.8 Å². The van der Waals surface area contributed by atoms with Crippen molar-refractivity contribution in [2.75, 3.05) is 39.6 Å². The highest BCUT2D eigenvalue weighted by Gasteiger charge is 2.30. The van der Waals surface area contributed by atoms with E-state index in [9.17, 15) is 43.2 Å². The molecule has 0 heterocycles. The van der Waals surface area contributed by atoms with E-state index in [2.05, 4.69) is 55.4 Å². The van der Waals surface area contributed by atoms with Crippen LogP contribution in [0.2, 0.25) is 0 Å². The Morgan fingerprint density at radius 3 is 0.816 bits per heavy atom. The normalized spacial score (nSPS) is 15.0. The molecule has 0 saturated carbocycles. The van der Waals surface area contributed by atoms with E-state index < -0.39 is 97.5 Å². The number of hydrogen-bond donors (Lipinski definition) is 3. The maximum absolute atomic E-state index is 13.0. The molecule has 3 N–H and O–H groups in total. The van der Waals surface area contributed by atoms with Gasteiger partial charge in [0.25, 0.3) is 0 Å². The summed E-state index contributed by atoms with van der Waals surface area (Å²) in [6, 6.07) is 0. The average Bonchev–Trinajstić information content (AvgIpc) is 3.69. The standard InChI is InChI=1S/C68H132O17P2/c1-9-60(7)46-38-30-22-18-19-25-35-43-51-68(73)85-63(54-78-65(70)48-40-32-23-17-13-15-21-29-37-45-59(5)6)56-82-86(74,75)80-52-62(69)53-81-87(76,77)83-57-64(55-79-66(71)49-41-33-27-26-31-39-47-61(8)10-2)84-67(72)50-42-34-24-16-12-11-14-20-28-36-44-58(3)4/h58-64,69H,9-57H2,1-8H3,(H,74,75)(H,76,77)/t60?,61?,62-,63-,64-/m1/s1. The predicted octanol–water partition coefficient (Wildman–Crippen LogP) is 18.9. The van der Waals surface area contributed by atoms with E-state index in [0.29, 0.717) is 25.7 Å². The second-order valence-electron chi connectivity index (χ2n) is 26.0. The first-order chi connectivity index (χ1) is 41.7. The topological polar surface area (TPSA) is 237 Å². The summed E-state index contributed by atoms with van der Waals surface area (Å²) < 4.78 is 68.2. The van der Waals surface area contributed by atoms with Crippen LogP contribution < -0.4 is 0 Å². The van der Waals surface area contributed by atoms with Crippen LogP contribution in [-0.4, -0.2) is 96.7 Å². The minimum Gasteiger partial charge on any atom is -0.462 e. The van der Waals surface area contributed by atoms with Gasteiger partial charge in [0.2, 0.25) is 0 Å². The molecule has 0 saturated heterocycles. The summed E-state index contributed by atoms with van der Waals surface area (Å²) in [4.78, 5) is 72.4. The van der Waals surface area contributed by atoms with Gasteiger partial charge in [-0.15, -0.1) is 0 Å². The summed E-state index contributed by atoms with van der Waals surface area (Å²) in [5, 5.41) is 10.6. The number of ether oxygens (including phenoxy) is 4. The van der Waals surface area contributed by atoms with Crippen LogP contribution in [0.4, 0.5) is 0 Å². The van der Waals surface area contributed by atoms with E-state index in [1.54, 1.807) is 0 Å². The summed E-state index contributed by atoms with van der Waals surface area (Å²) in [6.45, 7) is 14.1. The van der Waals surface area contributed by atoms with Gasteiger partial charge in [-0.3, -0.25) is 37.3 Å². The van der Waals surface area contributed by atoms with Crippen molar-refractivity contribution in [3.8, 4) is 0 Å². The van der Waals surface area contributed by atoms with Gasteiger partial charge in [0.05, 0.1) is 26.4 Å². The first-order valence-electron chi connectivity index (χ1n) is 35.3. The Bertz CT molecular complexity index is 1730. The lowest BCUT2D eigenvalue weighted by molar-refractivity contribution is -0.161. The van der Waals surface area contributed by atoms with E-state index in [1.165, 1.54) is 128 Å². The van der Waals surface area contributed by atoms with Gasteiger partial charge in [-0.25, -0.2) is 9.13 Å². The minimum absolute atomic E-state index is 0.104. The van der Waals surface area contributed by atoms with Gasteiger partial charge in [0.15, 0.2) is 12.2 Å². The molecule has 7 atom stereocenters. The third kappa shape index (κ3) is 60.1. The van der Waals surface area contributed by atoms with Crippen LogP contribution in [-0.2, 0) is 65.4 Å². The van der Waals surface area contributed by atoms with Crippen LogP contribution in [0.5, 0.6) is 0 Å². The first kappa shape index (κ1) is 85.1. The van der Waals surface area contributed by atoms with Gasteiger partial charge in [0, 0.05) is 25.7 Å². The highest BCUT2D eigenvalue weighted by atomic mass is 31.2. The lowest BCUT2D eigenvalue weighted by Gasteiger charge is -2.21. The third-order valence-corrected chi connectivity index (χ3v) is 18.2. The largest absolute Gasteiger partial charge is 0.472 e. The number of carbonyl (C=O) groups is 4. The summed E-state index contributed by atoms with van der Waals surface area (Å²) in [7, 11) is -9.90. The van der Waals surface area contributed by atoms with Crippen molar-refractivity contribution < 1.29 is 80.2 Å². The summed E-state index contributed by atoms with van der Waals surface area (Å²) >= 11 is 0. The summed E-state index contributed by atoms with van der Waals surface area (Å²) in [5.74, 6) is 0.862. The maximum Gasteiger partial charge on any atom is 0.472 e.